The monoisotopic (exact) mass is 202 g/mol. The van der Waals surface area contributed by atoms with Gasteiger partial charge in [-0.25, -0.2) is 0 Å². The molecule has 0 aliphatic rings. The Labute approximate surface area is 84.7 Å². The number of nitrogens with zero attached hydrogens (tertiary/aromatic N) is 1. The number of rotatable bonds is 3. The highest BCUT2D eigenvalue weighted by molar-refractivity contribution is 5.85. The Morgan fingerprint density at radius 3 is 2.62 bits per heavy atom. The molecular formula is C9H15ClN2O. The second-order valence-electron chi connectivity index (χ2n) is 2.51. The van der Waals surface area contributed by atoms with Crippen LogP contribution in [0.25, 0.3) is 0 Å². The van der Waals surface area contributed by atoms with Crippen molar-refractivity contribution in [3.63, 3.8) is 0 Å². The molecule has 1 aromatic rings. The lowest BCUT2D eigenvalue weighted by Crippen LogP contribution is -2.04. The lowest BCUT2D eigenvalue weighted by atomic mass is 10.2. The van der Waals surface area contributed by atoms with Crippen LogP contribution in [-0.2, 0) is 13.0 Å². The van der Waals surface area contributed by atoms with E-state index < -0.39 is 0 Å². The molecule has 0 bridgehead atoms. The first kappa shape index (κ1) is 12.2. The van der Waals surface area contributed by atoms with Crippen LogP contribution in [-0.4, -0.2) is 12.1 Å². The minimum Gasteiger partial charge on any atom is -0.495 e. The number of nitrogens with two attached hydrogens (primary N) is 1. The van der Waals surface area contributed by atoms with E-state index in [9.17, 15) is 0 Å². The van der Waals surface area contributed by atoms with Crippen molar-refractivity contribution in [3.8, 4) is 5.75 Å². The summed E-state index contributed by atoms with van der Waals surface area (Å²) in [5.41, 5.74) is 7.39. The molecule has 74 valence electrons. The third-order valence-electron chi connectivity index (χ3n) is 1.77. The average molecular weight is 203 g/mol. The molecule has 4 heteroatoms. The Kier molecular flexibility index (Phi) is 5.42. The van der Waals surface area contributed by atoms with Gasteiger partial charge in [0.15, 0.2) is 0 Å². The highest BCUT2D eigenvalue weighted by atomic mass is 35.5. The maximum absolute atomic E-state index is 5.51. The van der Waals surface area contributed by atoms with E-state index in [2.05, 4.69) is 11.9 Å². The van der Waals surface area contributed by atoms with Crippen molar-refractivity contribution in [1.82, 2.24) is 4.98 Å². The fourth-order valence-electron chi connectivity index (χ4n) is 1.06. The molecular weight excluding hydrogens is 188 g/mol. The third kappa shape index (κ3) is 2.86. The molecule has 0 aromatic carbocycles. The Balaban J connectivity index is 0.00000144. The second-order valence-corrected chi connectivity index (χ2v) is 2.51. The summed E-state index contributed by atoms with van der Waals surface area (Å²) < 4.78 is 5.09. The molecule has 0 saturated heterocycles. The van der Waals surface area contributed by atoms with Crippen molar-refractivity contribution in [2.75, 3.05) is 7.11 Å². The lowest BCUT2D eigenvalue weighted by molar-refractivity contribution is 0.406. The molecule has 1 heterocycles. The number of halogens is 1. The first-order valence-electron chi connectivity index (χ1n) is 4.04. The summed E-state index contributed by atoms with van der Waals surface area (Å²) >= 11 is 0. The van der Waals surface area contributed by atoms with Crippen LogP contribution >= 0.6 is 12.4 Å². The van der Waals surface area contributed by atoms with E-state index in [-0.39, 0.29) is 12.4 Å². The SMILES string of the molecule is CCc1ccc(OC)c(CN)n1.Cl. The van der Waals surface area contributed by atoms with Gasteiger partial charge in [-0.05, 0) is 18.6 Å². The number of ether oxygens (including phenoxy) is 1. The van der Waals surface area contributed by atoms with Crippen molar-refractivity contribution in [2.24, 2.45) is 5.73 Å². The van der Waals surface area contributed by atoms with Crippen molar-refractivity contribution in [2.45, 2.75) is 19.9 Å². The Morgan fingerprint density at radius 1 is 1.46 bits per heavy atom. The van der Waals surface area contributed by atoms with Crippen molar-refractivity contribution in [3.05, 3.63) is 23.5 Å². The summed E-state index contributed by atoms with van der Waals surface area (Å²) in [4.78, 5) is 4.33. The van der Waals surface area contributed by atoms with Crippen LogP contribution in [0.3, 0.4) is 0 Å². The van der Waals surface area contributed by atoms with E-state index in [4.69, 9.17) is 10.5 Å². The zero-order valence-electron chi connectivity index (χ0n) is 7.91. The van der Waals surface area contributed by atoms with E-state index in [1.807, 2.05) is 12.1 Å². The minimum absolute atomic E-state index is 0. The van der Waals surface area contributed by atoms with Crippen LogP contribution in [0.5, 0.6) is 5.75 Å². The standard InChI is InChI=1S/C9H14N2O.ClH/c1-3-7-4-5-9(12-2)8(6-10)11-7;/h4-5H,3,6,10H2,1-2H3;1H. The van der Waals surface area contributed by atoms with Gasteiger partial charge in [0.2, 0.25) is 0 Å². The number of hydrogen-bond donors (Lipinski definition) is 1. The maximum atomic E-state index is 5.51. The number of pyridine rings is 1. The predicted molar refractivity (Wildman–Crippen MR) is 55.3 cm³/mol. The molecule has 0 fully saturated rings. The van der Waals surface area contributed by atoms with Crippen molar-refractivity contribution >= 4 is 12.4 Å². The highest BCUT2D eigenvalue weighted by Gasteiger charge is 2.02. The minimum atomic E-state index is 0. The zero-order chi connectivity index (χ0) is 8.97. The molecule has 0 spiro atoms. The fourth-order valence-corrected chi connectivity index (χ4v) is 1.06. The second kappa shape index (κ2) is 5.78. The lowest BCUT2D eigenvalue weighted by Gasteiger charge is -2.06. The zero-order valence-corrected chi connectivity index (χ0v) is 8.73. The predicted octanol–water partition coefficient (Wildman–Crippen LogP) is 1.53. The van der Waals surface area contributed by atoms with E-state index in [0.29, 0.717) is 6.54 Å². The van der Waals surface area contributed by atoms with Crippen LogP contribution in [0.4, 0.5) is 0 Å². The van der Waals surface area contributed by atoms with E-state index in [0.717, 1.165) is 23.6 Å². The third-order valence-corrected chi connectivity index (χ3v) is 1.77. The van der Waals surface area contributed by atoms with Gasteiger partial charge in [0.25, 0.3) is 0 Å². The normalized spacial score (nSPS) is 9.15. The topological polar surface area (TPSA) is 48.1 Å². The first-order chi connectivity index (χ1) is 5.81. The summed E-state index contributed by atoms with van der Waals surface area (Å²) in [6.07, 6.45) is 0.928. The van der Waals surface area contributed by atoms with Crippen LogP contribution in [0.1, 0.15) is 18.3 Å². The molecule has 2 N–H and O–H groups in total. The van der Waals surface area contributed by atoms with Gasteiger partial charge in [0, 0.05) is 12.2 Å². The van der Waals surface area contributed by atoms with Gasteiger partial charge in [0.1, 0.15) is 5.75 Å². The van der Waals surface area contributed by atoms with Crippen LogP contribution in [0, 0.1) is 0 Å². The summed E-state index contributed by atoms with van der Waals surface area (Å²) in [5, 5.41) is 0. The van der Waals surface area contributed by atoms with Gasteiger partial charge in [-0.15, -0.1) is 12.4 Å². The molecule has 0 aliphatic heterocycles. The van der Waals surface area contributed by atoms with Gasteiger partial charge >= 0.3 is 0 Å². The molecule has 1 aromatic heterocycles. The summed E-state index contributed by atoms with van der Waals surface area (Å²) in [5.74, 6) is 0.773. The first-order valence-corrected chi connectivity index (χ1v) is 4.04. The quantitative estimate of drug-likeness (QED) is 0.809. The molecule has 0 saturated carbocycles. The van der Waals surface area contributed by atoms with Crippen LogP contribution in [0.15, 0.2) is 12.1 Å². The number of aryl methyl sites for hydroxylation is 1. The van der Waals surface area contributed by atoms with Gasteiger partial charge in [0.05, 0.1) is 12.8 Å². The summed E-state index contributed by atoms with van der Waals surface area (Å²) in [6.45, 7) is 2.49. The van der Waals surface area contributed by atoms with E-state index in [1.54, 1.807) is 7.11 Å². The summed E-state index contributed by atoms with van der Waals surface area (Å²) in [6, 6.07) is 3.87. The average Bonchev–Trinajstić information content (AvgIpc) is 2.16. The van der Waals surface area contributed by atoms with Gasteiger partial charge in [-0.1, -0.05) is 6.92 Å². The molecule has 3 nitrogen and oxygen atoms in total. The molecule has 0 amide bonds. The van der Waals surface area contributed by atoms with Gasteiger partial charge in [-0.2, -0.15) is 0 Å². The molecule has 0 atom stereocenters. The fraction of sp³-hybridized carbons (Fsp3) is 0.444. The van der Waals surface area contributed by atoms with Gasteiger partial charge < -0.3 is 10.5 Å². The smallest absolute Gasteiger partial charge is 0.141 e. The number of methoxy groups -OCH3 is 1. The Hall–Kier alpha value is -0.800. The largest absolute Gasteiger partial charge is 0.495 e. The Morgan fingerprint density at radius 2 is 2.15 bits per heavy atom. The highest BCUT2D eigenvalue weighted by Crippen LogP contribution is 2.15. The van der Waals surface area contributed by atoms with Gasteiger partial charge in [-0.3, -0.25) is 4.98 Å². The molecule has 0 unspecified atom stereocenters. The van der Waals surface area contributed by atoms with Crippen molar-refractivity contribution in [1.29, 1.82) is 0 Å². The molecule has 1 rings (SSSR count). The summed E-state index contributed by atoms with van der Waals surface area (Å²) in [7, 11) is 1.63. The van der Waals surface area contributed by atoms with Crippen LogP contribution in [0.2, 0.25) is 0 Å². The number of aromatic nitrogens is 1. The number of hydrogen-bond acceptors (Lipinski definition) is 3. The Bertz CT molecular complexity index is 266. The maximum Gasteiger partial charge on any atom is 0.141 e. The van der Waals surface area contributed by atoms with E-state index >= 15 is 0 Å². The molecule has 0 radical (unpaired) electrons. The molecule has 0 aliphatic carbocycles. The molecule has 13 heavy (non-hydrogen) atoms. The van der Waals surface area contributed by atoms with Crippen LogP contribution < -0.4 is 10.5 Å². The van der Waals surface area contributed by atoms with E-state index in [1.165, 1.54) is 0 Å². The van der Waals surface area contributed by atoms with Crippen molar-refractivity contribution < 1.29 is 4.74 Å².